The molecule has 0 radical (unpaired) electrons. The van der Waals surface area contributed by atoms with Gasteiger partial charge in [0.15, 0.2) is 0 Å². The minimum absolute atomic E-state index is 0.00879. The number of hydrogen-bond donors (Lipinski definition) is 2. The van der Waals surface area contributed by atoms with Crippen LogP contribution in [-0.2, 0) is 24.5 Å². The van der Waals surface area contributed by atoms with Gasteiger partial charge in [-0.05, 0) is 54.9 Å². The number of carbonyl (C=O) groups excluding carboxylic acids is 1. The quantitative estimate of drug-likeness (QED) is 0.732. The first-order valence-electron chi connectivity index (χ1n) is 8.56. The SMILES string of the molecule is C=S(=O)(C1CCOCC1)C(C)(C)C(=O)Nc1cc(C2(CO)CC2)no1. The molecule has 1 unspecified atom stereocenters. The number of nitrogens with one attached hydrogen (secondary N) is 1. The second-order valence-electron chi connectivity index (χ2n) is 7.52. The molecule has 25 heavy (non-hydrogen) atoms. The van der Waals surface area contributed by atoms with E-state index in [0.29, 0.717) is 31.7 Å². The number of amides is 1. The topological polar surface area (TPSA) is 102 Å². The second-order valence-corrected chi connectivity index (χ2v) is 10.7. The van der Waals surface area contributed by atoms with Crippen molar-refractivity contribution in [1.29, 1.82) is 0 Å². The van der Waals surface area contributed by atoms with Crippen molar-refractivity contribution in [2.24, 2.45) is 0 Å². The van der Waals surface area contributed by atoms with Crippen molar-refractivity contribution in [2.75, 3.05) is 25.1 Å². The molecule has 2 aliphatic rings. The summed E-state index contributed by atoms with van der Waals surface area (Å²) in [6.07, 6.45) is 2.99. The zero-order valence-corrected chi connectivity index (χ0v) is 15.6. The Morgan fingerprint density at radius 1 is 1.48 bits per heavy atom. The molecule has 1 aromatic heterocycles. The molecule has 1 saturated heterocycles. The van der Waals surface area contributed by atoms with Crippen molar-refractivity contribution in [3.63, 3.8) is 0 Å². The van der Waals surface area contributed by atoms with Crippen molar-refractivity contribution in [2.45, 2.75) is 54.9 Å². The zero-order chi connectivity index (χ0) is 18.3. The fraction of sp³-hybridized carbons (Fsp3) is 0.706. The highest BCUT2D eigenvalue weighted by Crippen LogP contribution is 2.47. The van der Waals surface area contributed by atoms with Gasteiger partial charge in [-0.1, -0.05) is 5.16 Å². The van der Waals surface area contributed by atoms with Crippen LogP contribution < -0.4 is 5.32 Å². The number of aliphatic hydroxyl groups is 1. The van der Waals surface area contributed by atoms with Gasteiger partial charge in [-0.15, -0.1) is 0 Å². The van der Waals surface area contributed by atoms with E-state index in [4.69, 9.17) is 9.26 Å². The van der Waals surface area contributed by atoms with Crippen LogP contribution in [0.5, 0.6) is 0 Å². The maximum Gasteiger partial charge on any atom is 0.244 e. The molecule has 1 atom stereocenters. The van der Waals surface area contributed by atoms with Crippen LogP contribution in [0.25, 0.3) is 0 Å². The molecule has 2 N–H and O–H groups in total. The molecule has 2 heterocycles. The molecule has 1 amide bonds. The smallest absolute Gasteiger partial charge is 0.244 e. The van der Waals surface area contributed by atoms with Crippen LogP contribution >= 0.6 is 0 Å². The Morgan fingerprint density at radius 3 is 2.68 bits per heavy atom. The lowest BCUT2D eigenvalue weighted by molar-refractivity contribution is -0.117. The molecule has 0 aromatic carbocycles. The Kier molecular flexibility index (Phi) is 4.72. The molecule has 0 spiro atoms. The highest BCUT2D eigenvalue weighted by Gasteiger charge is 2.47. The molecule has 2 fully saturated rings. The number of aromatic nitrogens is 1. The highest BCUT2D eigenvalue weighted by molar-refractivity contribution is 8.02. The number of hydrogen-bond acceptors (Lipinski definition) is 6. The molecule has 1 aliphatic heterocycles. The van der Waals surface area contributed by atoms with Gasteiger partial charge in [0, 0.05) is 29.9 Å². The van der Waals surface area contributed by atoms with Crippen molar-refractivity contribution >= 4 is 27.2 Å². The molecule has 8 heteroatoms. The van der Waals surface area contributed by atoms with Crippen molar-refractivity contribution in [3.05, 3.63) is 11.8 Å². The molecular formula is C17H26N2O5S. The lowest BCUT2D eigenvalue weighted by Gasteiger charge is -2.35. The average Bonchev–Trinajstić information content (AvgIpc) is 3.27. The third kappa shape index (κ3) is 3.22. The zero-order valence-electron chi connectivity index (χ0n) is 14.7. The van der Waals surface area contributed by atoms with E-state index in [9.17, 15) is 14.1 Å². The number of anilines is 1. The van der Waals surface area contributed by atoms with E-state index in [0.717, 1.165) is 12.8 Å². The fourth-order valence-electron chi connectivity index (χ4n) is 3.12. The van der Waals surface area contributed by atoms with Gasteiger partial charge in [0.1, 0.15) is 4.75 Å². The number of ether oxygens (including phenoxy) is 1. The van der Waals surface area contributed by atoms with E-state index in [1.54, 1.807) is 19.9 Å². The maximum absolute atomic E-state index is 13.3. The molecular weight excluding hydrogens is 344 g/mol. The predicted octanol–water partition coefficient (Wildman–Crippen LogP) is 1.31. The third-order valence-electron chi connectivity index (χ3n) is 5.56. The maximum atomic E-state index is 13.3. The van der Waals surface area contributed by atoms with E-state index in [1.165, 1.54) is 0 Å². The standard InChI is InChI=1S/C17H26N2O5S/c1-16(2,25(3,22)12-4-8-23-9-5-12)15(21)18-14-10-13(19-24-14)17(11-20)6-7-17/h10,12,20H,3-9,11H2,1-2H3,(H,18,21). The van der Waals surface area contributed by atoms with Gasteiger partial charge >= 0.3 is 0 Å². The second kappa shape index (κ2) is 6.41. The van der Waals surface area contributed by atoms with Crippen LogP contribution in [0.1, 0.15) is 45.2 Å². The minimum Gasteiger partial charge on any atom is -0.395 e. The Labute approximate surface area is 148 Å². The summed E-state index contributed by atoms with van der Waals surface area (Å²) >= 11 is 0. The van der Waals surface area contributed by atoms with Gasteiger partial charge in [0.05, 0.1) is 12.3 Å². The Morgan fingerprint density at radius 2 is 2.12 bits per heavy atom. The largest absolute Gasteiger partial charge is 0.395 e. The Balaban J connectivity index is 1.73. The van der Waals surface area contributed by atoms with E-state index in [2.05, 4.69) is 16.3 Å². The monoisotopic (exact) mass is 370 g/mol. The van der Waals surface area contributed by atoms with E-state index >= 15 is 0 Å². The molecule has 1 aliphatic carbocycles. The summed E-state index contributed by atoms with van der Waals surface area (Å²) in [5.74, 6) is 3.72. The third-order valence-corrected chi connectivity index (χ3v) is 9.03. The summed E-state index contributed by atoms with van der Waals surface area (Å²) in [6, 6.07) is 1.64. The van der Waals surface area contributed by atoms with Crippen LogP contribution in [0, 0.1) is 0 Å². The first kappa shape index (κ1) is 18.4. The molecule has 0 bridgehead atoms. The molecule has 3 rings (SSSR count). The van der Waals surface area contributed by atoms with Crippen LogP contribution in [-0.4, -0.2) is 56.1 Å². The fourth-order valence-corrected chi connectivity index (χ4v) is 5.28. The van der Waals surface area contributed by atoms with E-state index in [-0.39, 0.29) is 23.2 Å². The average molecular weight is 370 g/mol. The van der Waals surface area contributed by atoms with Crippen LogP contribution in [0.3, 0.4) is 0 Å². The summed E-state index contributed by atoms with van der Waals surface area (Å²) < 4.78 is 22.7. The lowest BCUT2D eigenvalue weighted by atomic mass is 10.0. The lowest BCUT2D eigenvalue weighted by Crippen LogP contribution is -2.49. The van der Waals surface area contributed by atoms with Gasteiger partial charge in [-0.2, -0.15) is 0 Å². The summed E-state index contributed by atoms with van der Waals surface area (Å²) in [4.78, 5) is 12.8. The summed E-state index contributed by atoms with van der Waals surface area (Å²) in [5.41, 5.74) is 0.312. The summed E-state index contributed by atoms with van der Waals surface area (Å²) in [6.45, 7) is 4.41. The van der Waals surface area contributed by atoms with Crippen molar-refractivity contribution in [1.82, 2.24) is 5.16 Å². The van der Waals surface area contributed by atoms with Gasteiger partial charge in [-0.25, -0.2) is 0 Å². The van der Waals surface area contributed by atoms with E-state index in [1.807, 2.05) is 0 Å². The minimum atomic E-state index is -2.69. The van der Waals surface area contributed by atoms with Gasteiger partial charge in [0.2, 0.25) is 11.8 Å². The van der Waals surface area contributed by atoms with Gasteiger partial charge in [0.25, 0.3) is 0 Å². The van der Waals surface area contributed by atoms with Crippen molar-refractivity contribution < 1.29 is 23.4 Å². The highest BCUT2D eigenvalue weighted by atomic mass is 32.2. The number of carbonyl (C=O) groups is 1. The molecule has 140 valence electrons. The Hall–Kier alpha value is -1.38. The summed E-state index contributed by atoms with van der Waals surface area (Å²) in [5, 5.41) is 15.9. The normalized spacial score (nSPS) is 23.0. The van der Waals surface area contributed by atoms with Crippen LogP contribution in [0.15, 0.2) is 10.6 Å². The first-order chi connectivity index (χ1) is 11.7. The summed E-state index contributed by atoms with van der Waals surface area (Å²) in [7, 11) is -2.69. The number of rotatable bonds is 6. The first-order valence-corrected chi connectivity index (χ1v) is 10.3. The molecule has 1 saturated carbocycles. The van der Waals surface area contributed by atoms with Crippen LogP contribution in [0.2, 0.25) is 0 Å². The van der Waals surface area contributed by atoms with Crippen molar-refractivity contribution in [3.8, 4) is 0 Å². The van der Waals surface area contributed by atoms with Gasteiger partial charge in [-0.3, -0.25) is 14.3 Å². The Bertz CT molecular complexity index is 743. The molecule has 7 nitrogen and oxygen atoms in total. The van der Waals surface area contributed by atoms with Gasteiger partial charge < -0.3 is 14.4 Å². The number of nitrogens with zero attached hydrogens (tertiary/aromatic N) is 1. The number of aliphatic hydroxyl groups excluding tert-OH is 1. The van der Waals surface area contributed by atoms with Crippen LogP contribution in [0.4, 0.5) is 5.88 Å². The molecule has 1 aromatic rings. The predicted molar refractivity (Wildman–Crippen MR) is 96.3 cm³/mol. The van der Waals surface area contributed by atoms with E-state index < -0.39 is 20.2 Å².